The highest BCUT2D eigenvalue weighted by molar-refractivity contribution is 5.82. The smallest absolute Gasteiger partial charge is 0.0467 e. The SMILES string of the molecule is Cc1ccc2c3c([nH]c2c1)=CCCC=3. The van der Waals surface area contributed by atoms with Crippen LogP contribution in [0.4, 0.5) is 0 Å². The fourth-order valence-electron chi connectivity index (χ4n) is 2.19. The van der Waals surface area contributed by atoms with Crippen molar-refractivity contribution in [3.05, 3.63) is 34.3 Å². The predicted molar refractivity (Wildman–Crippen MR) is 60.4 cm³/mol. The van der Waals surface area contributed by atoms with Crippen LogP contribution in [0, 0.1) is 6.92 Å². The normalized spacial score (nSPS) is 14.6. The van der Waals surface area contributed by atoms with Gasteiger partial charge in [-0.1, -0.05) is 24.3 Å². The van der Waals surface area contributed by atoms with Crippen LogP contribution in [0.5, 0.6) is 0 Å². The molecule has 1 N–H and O–H groups in total. The van der Waals surface area contributed by atoms with E-state index in [9.17, 15) is 0 Å². The van der Waals surface area contributed by atoms with Crippen molar-refractivity contribution in [3.8, 4) is 0 Å². The van der Waals surface area contributed by atoms with Crippen molar-refractivity contribution in [1.29, 1.82) is 0 Å². The van der Waals surface area contributed by atoms with Gasteiger partial charge in [-0.25, -0.2) is 0 Å². The first-order valence-electron chi connectivity index (χ1n) is 5.13. The Bertz CT molecular complexity index is 602. The van der Waals surface area contributed by atoms with Crippen molar-refractivity contribution in [2.75, 3.05) is 0 Å². The van der Waals surface area contributed by atoms with Gasteiger partial charge >= 0.3 is 0 Å². The van der Waals surface area contributed by atoms with Gasteiger partial charge in [0.2, 0.25) is 0 Å². The summed E-state index contributed by atoms with van der Waals surface area (Å²) in [6.07, 6.45) is 6.97. The second-order valence-electron chi connectivity index (χ2n) is 3.99. The Morgan fingerprint density at radius 2 is 2.00 bits per heavy atom. The van der Waals surface area contributed by atoms with Gasteiger partial charge < -0.3 is 4.98 Å². The molecule has 1 aromatic heterocycles. The Labute approximate surface area is 82.8 Å². The summed E-state index contributed by atoms with van der Waals surface area (Å²) in [4.78, 5) is 3.47. The van der Waals surface area contributed by atoms with Gasteiger partial charge in [0, 0.05) is 21.5 Å². The van der Waals surface area contributed by atoms with Crippen molar-refractivity contribution in [2.24, 2.45) is 0 Å². The molecular formula is C13H13N. The molecule has 0 saturated heterocycles. The molecule has 1 aromatic carbocycles. The van der Waals surface area contributed by atoms with E-state index in [4.69, 9.17) is 0 Å². The van der Waals surface area contributed by atoms with Gasteiger partial charge in [0.1, 0.15) is 0 Å². The summed E-state index contributed by atoms with van der Waals surface area (Å²) in [5.41, 5.74) is 2.58. The molecule has 2 aromatic rings. The number of benzene rings is 1. The molecule has 0 bridgehead atoms. The van der Waals surface area contributed by atoms with Crippen LogP contribution in [0.25, 0.3) is 23.1 Å². The van der Waals surface area contributed by atoms with E-state index >= 15 is 0 Å². The standard InChI is InChI=1S/C13H13N/c1-9-6-7-11-10-4-2-3-5-12(10)14-13(11)8-9/h4-8,14H,2-3H2,1H3. The molecule has 0 amide bonds. The Kier molecular flexibility index (Phi) is 1.54. The molecule has 3 rings (SSSR count). The second kappa shape index (κ2) is 2.74. The van der Waals surface area contributed by atoms with Crippen LogP contribution in [0.2, 0.25) is 0 Å². The minimum atomic E-state index is 1.17. The molecule has 0 atom stereocenters. The summed E-state index contributed by atoms with van der Waals surface area (Å²) in [6.45, 7) is 2.13. The van der Waals surface area contributed by atoms with Crippen LogP contribution in [0.3, 0.4) is 0 Å². The maximum Gasteiger partial charge on any atom is 0.0467 e. The lowest BCUT2D eigenvalue weighted by Gasteiger charge is -1.93. The van der Waals surface area contributed by atoms with Crippen molar-refractivity contribution in [1.82, 2.24) is 4.98 Å². The Morgan fingerprint density at radius 1 is 1.14 bits per heavy atom. The molecule has 0 fully saturated rings. The maximum absolute atomic E-state index is 3.47. The highest BCUT2D eigenvalue weighted by atomic mass is 14.7. The van der Waals surface area contributed by atoms with E-state index in [2.05, 4.69) is 42.3 Å². The summed E-state index contributed by atoms with van der Waals surface area (Å²) >= 11 is 0. The number of hydrogen-bond acceptors (Lipinski definition) is 0. The number of nitrogens with one attached hydrogen (secondary N) is 1. The van der Waals surface area contributed by atoms with Gasteiger partial charge in [0.05, 0.1) is 0 Å². The van der Waals surface area contributed by atoms with E-state index in [0.29, 0.717) is 0 Å². The topological polar surface area (TPSA) is 15.8 Å². The average Bonchev–Trinajstić information content (AvgIpc) is 2.54. The van der Waals surface area contributed by atoms with Gasteiger partial charge in [-0.15, -0.1) is 0 Å². The third-order valence-electron chi connectivity index (χ3n) is 2.89. The number of hydrogen-bond donors (Lipinski definition) is 1. The van der Waals surface area contributed by atoms with Crippen LogP contribution >= 0.6 is 0 Å². The minimum Gasteiger partial charge on any atom is -0.355 e. The van der Waals surface area contributed by atoms with Gasteiger partial charge in [-0.3, -0.25) is 0 Å². The fourth-order valence-corrected chi connectivity index (χ4v) is 2.19. The Balaban J connectivity index is 2.56. The zero-order chi connectivity index (χ0) is 9.54. The maximum atomic E-state index is 3.47. The quantitative estimate of drug-likeness (QED) is 0.641. The molecule has 1 heterocycles. The van der Waals surface area contributed by atoms with Crippen molar-refractivity contribution < 1.29 is 0 Å². The van der Waals surface area contributed by atoms with Gasteiger partial charge in [-0.05, 0) is 31.4 Å². The summed E-state index contributed by atoms with van der Waals surface area (Å²) in [5.74, 6) is 0. The summed E-state index contributed by atoms with van der Waals surface area (Å²) in [5, 5.41) is 4.06. The number of aryl methyl sites for hydroxylation is 1. The number of aromatic amines is 1. The molecule has 1 nitrogen and oxygen atoms in total. The number of aromatic nitrogens is 1. The van der Waals surface area contributed by atoms with Crippen LogP contribution in [0.1, 0.15) is 18.4 Å². The van der Waals surface area contributed by atoms with Crippen LogP contribution in [-0.2, 0) is 0 Å². The number of H-pyrrole nitrogens is 1. The van der Waals surface area contributed by atoms with Crippen molar-refractivity contribution >= 4 is 23.1 Å². The van der Waals surface area contributed by atoms with Gasteiger partial charge in [-0.2, -0.15) is 0 Å². The first kappa shape index (κ1) is 7.86. The highest BCUT2D eigenvalue weighted by Gasteiger charge is 2.02. The molecule has 14 heavy (non-hydrogen) atoms. The fraction of sp³-hybridized carbons (Fsp3) is 0.231. The first-order chi connectivity index (χ1) is 6.84. The van der Waals surface area contributed by atoms with E-state index in [-0.39, 0.29) is 0 Å². The summed E-state index contributed by atoms with van der Waals surface area (Å²) < 4.78 is 0. The molecule has 1 aliphatic carbocycles. The van der Waals surface area contributed by atoms with E-state index in [0.717, 1.165) is 0 Å². The molecule has 0 radical (unpaired) electrons. The molecular weight excluding hydrogens is 170 g/mol. The van der Waals surface area contributed by atoms with E-state index in [1.165, 1.54) is 39.9 Å². The number of fused-ring (bicyclic) bond motifs is 3. The van der Waals surface area contributed by atoms with Crippen LogP contribution in [0.15, 0.2) is 18.2 Å². The van der Waals surface area contributed by atoms with Crippen LogP contribution < -0.4 is 10.6 Å². The van der Waals surface area contributed by atoms with Crippen LogP contribution in [-0.4, -0.2) is 4.98 Å². The zero-order valence-electron chi connectivity index (χ0n) is 8.30. The van der Waals surface area contributed by atoms with Gasteiger partial charge in [0.15, 0.2) is 0 Å². The molecule has 0 saturated carbocycles. The summed E-state index contributed by atoms with van der Waals surface area (Å²) in [6, 6.07) is 6.61. The monoisotopic (exact) mass is 183 g/mol. The predicted octanol–water partition coefficient (Wildman–Crippen LogP) is 1.83. The second-order valence-corrected chi connectivity index (χ2v) is 3.99. The number of rotatable bonds is 0. The minimum absolute atomic E-state index is 1.17. The highest BCUT2D eigenvalue weighted by Crippen LogP contribution is 2.09. The molecule has 70 valence electrons. The molecule has 1 aliphatic rings. The largest absolute Gasteiger partial charge is 0.355 e. The zero-order valence-corrected chi connectivity index (χ0v) is 8.30. The Morgan fingerprint density at radius 3 is 2.93 bits per heavy atom. The van der Waals surface area contributed by atoms with E-state index in [1.807, 2.05) is 0 Å². The lowest BCUT2D eigenvalue weighted by molar-refractivity contribution is 1.11. The molecule has 1 heteroatoms. The average molecular weight is 183 g/mol. The third-order valence-corrected chi connectivity index (χ3v) is 2.89. The lowest BCUT2D eigenvalue weighted by Crippen LogP contribution is -2.24. The summed E-state index contributed by atoms with van der Waals surface area (Å²) in [7, 11) is 0. The lowest BCUT2D eigenvalue weighted by atomic mass is 10.1. The van der Waals surface area contributed by atoms with E-state index < -0.39 is 0 Å². The molecule has 0 aliphatic heterocycles. The Hall–Kier alpha value is -1.50. The van der Waals surface area contributed by atoms with E-state index in [1.54, 1.807) is 0 Å². The van der Waals surface area contributed by atoms with Crippen molar-refractivity contribution in [2.45, 2.75) is 19.8 Å². The van der Waals surface area contributed by atoms with Gasteiger partial charge in [0.25, 0.3) is 0 Å². The third kappa shape index (κ3) is 1.02. The molecule has 0 unspecified atom stereocenters. The molecule has 0 spiro atoms. The first-order valence-corrected chi connectivity index (χ1v) is 5.13. The van der Waals surface area contributed by atoms with Crippen molar-refractivity contribution in [3.63, 3.8) is 0 Å².